The van der Waals surface area contributed by atoms with E-state index in [0.717, 1.165) is 28.8 Å². The molecule has 3 aromatic rings. The molecule has 3 rings (SSSR count). The summed E-state index contributed by atoms with van der Waals surface area (Å²) in [6.45, 7) is 5.55. The topological polar surface area (TPSA) is 95.1 Å². The van der Waals surface area contributed by atoms with Gasteiger partial charge in [0.05, 0.1) is 24.9 Å². The third-order valence-electron chi connectivity index (χ3n) is 4.83. The average molecular weight is 393 g/mol. The van der Waals surface area contributed by atoms with Crippen LogP contribution in [-0.4, -0.2) is 34.4 Å². The van der Waals surface area contributed by atoms with Crippen LogP contribution in [0.5, 0.6) is 0 Å². The Bertz CT molecular complexity index is 973. The minimum absolute atomic E-state index is 0.166. The summed E-state index contributed by atoms with van der Waals surface area (Å²) in [5, 5.41) is 7.27. The van der Waals surface area contributed by atoms with Gasteiger partial charge in [-0.1, -0.05) is 24.3 Å². The van der Waals surface area contributed by atoms with Crippen LogP contribution < -0.4 is 11.1 Å². The molecule has 0 saturated heterocycles. The van der Waals surface area contributed by atoms with Crippen molar-refractivity contribution in [3.63, 3.8) is 0 Å². The molecule has 0 radical (unpaired) electrons. The zero-order chi connectivity index (χ0) is 20.8. The molecule has 0 aliphatic rings. The Morgan fingerprint density at radius 3 is 2.79 bits per heavy atom. The third kappa shape index (κ3) is 5.42. The summed E-state index contributed by atoms with van der Waals surface area (Å²) in [7, 11) is 1.70. The van der Waals surface area contributed by atoms with E-state index in [4.69, 9.17) is 10.5 Å². The molecular weight excluding hydrogens is 366 g/mol. The maximum Gasteiger partial charge on any atom is 0.254 e. The number of hydrogen-bond donors (Lipinski definition) is 2. The molecule has 0 saturated carbocycles. The van der Waals surface area contributed by atoms with E-state index in [1.54, 1.807) is 24.2 Å². The second-order valence-electron chi connectivity index (χ2n) is 7.10. The molecular formula is C22H27N5O2. The lowest BCUT2D eigenvalue weighted by Crippen LogP contribution is -2.23. The van der Waals surface area contributed by atoms with Gasteiger partial charge in [-0.2, -0.15) is 5.10 Å². The summed E-state index contributed by atoms with van der Waals surface area (Å²) in [5.41, 5.74) is 11.5. The molecule has 1 amide bonds. The number of carbonyl (C=O) groups is 1. The number of anilines is 1. The van der Waals surface area contributed by atoms with Crippen LogP contribution in [0.25, 0.3) is 0 Å². The maximum atomic E-state index is 12.5. The van der Waals surface area contributed by atoms with Gasteiger partial charge in [-0.25, -0.2) is 4.98 Å². The Morgan fingerprint density at radius 1 is 1.24 bits per heavy atom. The highest BCUT2D eigenvalue weighted by atomic mass is 16.5. The van der Waals surface area contributed by atoms with Gasteiger partial charge >= 0.3 is 0 Å². The fourth-order valence-electron chi connectivity index (χ4n) is 3.28. The van der Waals surface area contributed by atoms with Gasteiger partial charge in [-0.05, 0) is 48.6 Å². The molecule has 0 fully saturated rings. The molecule has 2 heterocycles. The number of nitrogens with one attached hydrogen (secondary N) is 1. The van der Waals surface area contributed by atoms with E-state index in [1.807, 2.05) is 26.0 Å². The first kappa shape index (κ1) is 20.5. The number of carbonyl (C=O) groups excluding carboxylic acids is 1. The van der Waals surface area contributed by atoms with Gasteiger partial charge in [-0.15, -0.1) is 0 Å². The van der Waals surface area contributed by atoms with Gasteiger partial charge in [0.25, 0.3) is 5.91 Å². The van der Waals surface area contributed by atoms with E-state index in [2.05, 4.69) is 33.6 Å². The Balaban J connectivity index is 1.62. The van der Waals surface area contributed by atoms with E-state index in [0.29, 0.717) is 31.1 Å². The van der Waals surface area contributed by atoms with Crippen LogP contribution in [-0.2, 0) is 24.2 Å². The van der Waals surface area contributed by atoms with Gasteiger partial charge in [-0.3, -0.25) is 9.48 Å². The summed E-state index contributed by atoms with van der Waals surface area (Å²) < 4.78 is 6.91. The number of nitrogens with zero attached hydrogens (tertiary/aromatic N) is 3. The van der Waals surface area contributed by atoms with Crippen molar-refractivity contribution in [2.45, 2.75) is 33.4 Å². The number of nitrogen functional groups attached to an aromatic ring is 1. The molecule has 7 heteroatoms. The molecule has 0 spiro atoms. The molecule has 152 valence electrons. The predicted octanol–water partition coefficient (Wildman–Crippen LogP) is 2.64. The van der Waals surface area contributed by atoms with Crippen LogP contribution >= 0.6 is 0 Å². The highest BCUT2D eigenvalue weighted by Gasteiger charge is 2.11. The monoisotopic (exact) mass is 393 g/mol. The lowest BCUT2D eigenvalue weighted by molar-refractivity contribution is 0.0950. The van der Waals surface area contributed by atoms with Crippen LogP contribution in [0.1, 0.15) is 38.3 Å². The van der Waals surface area contributed by atoms with Crippen molar-refractivity contribution in [1.29, 1.82) is 0 Å². The summed E-state index contributed by atoms with van der Waals surface area (Å²) in [4.78, 5) is 16.8. The first-order valence-corrected chi connectivity index (χ1v) is 9.56. The van der Waals surface area contributed by atoms with E-state index in [1.165, 1.54) is 5.56 Å². The minimum Gasteiger partial charge on any atom is -0.384 e. The average Bonchev–Trinajstić information content (AvgIpc) is 3.14. The van der Waals surface area contributed by atoms with Gasteiger partial charge < -0.3 is 15.8 Å². The fraction of sp³-hybridized carbons (Fsp3) is 0.318. The van der Waals surface area contributed by atoms with Crippen molar-refractivity contribution in [2.24, 2.45) is 0 Å². The smallest absolute Gasteiger partial charge is 0.254 e. The predicted molar refractivity (Wildman–Crippen MR) is 113 cm³/mol. The first-order chi connectivity index (χ1) is 14.0. The molecule has 0 aliphatic heterocycles. The van der Waals surface area contributed by atoms with Crippen molar-refractivity contribution in [2.75, 3.05) is 19.5 Å². The zero-order valence-electron chi connectivity index (χ0n) is 17.1. The molecule has 0 bridgehead atoms. The summed E-state index contributed by atoms with van der Waals surface area (Å²) >= 11 is 0. The van der Waals surface area contributed by atoms with Crippen molar-refractivity contribution in [1.82, 2.24) is 20.1 Å². The zero-order valence-corrected chi connectivity index (χ0v) is 17.1. The number of nitrogens with two attached hydrogens (primary N) is 1. The van der Waals surface area contributed by atoms with E-state index in [-0.39, 0.29) is 5.91 Å². The second-order valence-corrected chi connectivity index (χ2v) is 7.10. The molecule has 0 aliphatic carbocycles. The molecule has 29 heavy (non-hydrogen) atoms. The maximum absolute atomic E-state index is 12.5. The van der Waals surface area contributed by atoms with Crippen molar-refractivity contribution in [3.05, 3.63) is 76.2 Å². The summed E-state index contributed by atoms with van der Waals surface area (Å²) in [6.07, 6.45) is 4.22. The lowest BCUT2D eigenvalue weighted by atomic mass is 10.1. The Morgan fingerprint density at radius 2 is 2.03 bits per heavy atom. The fourth-order valence-corrected chi connectivity index (χ4v) is 3.28. The lowest BCUT2D eigenvalue weighted by Gasteiger charge is -2.11. The number of benzene rings is 1. The largest absolute Gasteiger partial charge is 0.384 e. The first-order valence-electron chi connectivity index (χ1n) is 9.56. The van der Waals surface area contributed by atoms with E-state index < -0.39 is 0 Å². The summed E-state index contributed by atoms with van der Waals surface area (Å²) in [6, 6.07) is 10.1. The quantitative estimate of drug-likeness (QED) is 0.613. The van der Waals surface area contributed by atoms with Crippen LogP contribution in [0.4, 0.5) is 5.82 Å². The number of pyridine rings is 1. The number of ether oxygens (including phenoxy) is 1. The minimum atomic E-state index is -0.166. The Kier molecular flexibility index (Phi) is 6.61. The number of amides is 1. The Labute approximate surface area is 170 Å². The molecule has 2 aromatic heterocycles. The molecule has 1 aromatic carbocycles. The van der Waals surface area contributed by atoms with Crippen molar-refractivity contribution in [3.8, 4) is 0 Å². The van der Waals surface area contributed by atoms with E-state index in [9.17, 15) is 4.79 Å². The standard InChI is InChI=1S/C22H27N5O2/c1-15-9-21(23)26-16(2)20(15)12-24-22(28)19-11-25-27(14-19)13-18-6-4-5-17(10-18)7-8-29-3/h4-6,9-11,14H,7-8,12-13H2,1-3H3,(H2,23,26)(H,24,28). The van der Waals surface area contributed by atoms with Gasteiger partial charge in [0.2, 0.25) is 0 Å². The van der Waals surface area contributed by atoms with Crippen molar-refractivity contribution >= 4 is 11.7 Å². The normalized spacial score (nSPS) is 10.9. The molecule has 0 unspecified atom stereocenters. The van der Waals surface area contributed by atoms with Crippen LogP contribution in [0.3, 0.4) is 0 Å². The van der Waals surface area contributed by atoms with Crippen LogP contribution in [0.2, 0.25) is 0 Å². The van der Waals surface area contributed by atoms with Gasteiger partial charge in [0.1, 0.15) is 5.82 Å². The van der Waals surface area contributed by atoms with Crippen LogP contribution in [0.15, 0.2) is 42.7 Å². The van der Waals surface area contributed by atoms with Crippen molar-refractivity contribution < 1.29 is 9.53 Å². The van der Waals surface area contributed by atoms with Crippen LogP contribution in [0, 0.1) is 13.8 Å². The number of rotatable bonds is 8. The van der Waals surface area contributed by atoms with E-state index >= 15 is 0 Å². The van der Waals surface area contributed by atoms with Gasteiger partial charge in [0.15, 0.2) is 0 Å². The highest BCUT2D eigenvalue weighted by Crippen LogP contribution is 2.15. The number of methoxy groups -OCH3 is 1. The number of hydrogen-bond acceptors (Lipinski definition) is 5. The molecule has 7 nitrogen and oxygen atoms in total. The third-order valence-corrected chi connectivity index (χ3v) is 4.83. The molecule has 0 atom stereocenters. The number of aryl methyl sites for hydroxylation is 2. The highest BCUT2D eigenvalue weighted by molar-refractivity contribution is 5.93. The second kappa shape index (κ2) is 9.34. The SMILES string of the molecule is COCCc1cccc(Cn2cc(C(=O)NCc3c(C)cc(N)nc3C)cn2)c1. The molecule has 3 N–H and O–H groups in total. The van der Waals surface area contributed by atoms with Gasteiger partial charge in [0, 0.05) is 25.5 Å². The summed E-state index contributed by atoms with van der Waals surface area (Å²) in [5.74, 6) is 0.323. The Hall–Kier alpha value is -3.19. The number of aromatic nitrogens is 3.